The van der Waals surface area contributed by atoms with Crippen molar-refractivity contribution in [2.45, 2.75) is 12.5 Å². The first-order chi connectivity index (χ1) is 9.10. The number of hydrogen-bond acceptors (Lipinski definition) is 4. The fourth-order valence-corrected chi connectivity index (χ4v) is 1.98. The maximum Gasteiger partial charge on any atom is 0.216 e. The number of methoxy groups -OCH3 is 1. The predicted octanol–water partition coefficient (Wildman–Crippen LogP) is 2.66. The van der Waals surface area contributed by atoms with Crippen LogP contribution in [0.3, 0.4) is 0 Å². The molecule has 0 amide bonds. The van der Waals surface area contributed by atoms with Crippen LogP contribution in [0.5, 0.6) is 5.88 Å². The second kappa shape index (κ2) is 6.08. The fraction of sp³-hybridized carbons (Fsp3) is 0.231. The van der Waals surface area contributed by atoms with E-state index in [1.807, 2.05) is 0 Å². The van der Waals surface area contributed by atoms with Gasteiger partial charge in [0.25, 0.3) is 0 Å². The number of aromatic nitrogens is 2. The van der Waals surface area contributed by atoms with Crippen LogP contribution in [0, 0.1) is 5.82 Å². The van der Waals surface area contributed by atoms with Gasteiger partial charge in [-0.25, -0.2) is 14.4 Å². The van der Waals surface area contributed by atoms with E-state index in [-0.39, 0.29) is 12.2 Å². The molecule has 0 aliphatic heterocycles. The molecule has 0 radical (unpaired) electrons. The van der Waals surface area contributed by atoms with Crippen LogP contribution in [0.25, 0.3) is 0 Å². The molecule has 1 atom stereocenters. The topological polar surface area (TPSA) is 55.2 Å². The predicted molar refractivity (Wildman–Crippen MR) is 71.3 cm³/mol. The molecule has 4 nitrogen and oxygen atoms in total. The second-order valence-electron chi connectivity index (χ2n) is 3.94. The van der Waals surface area contributed by atoms with Crippen LogP contribution < -0.4 is 4.74 Å². The number of aliphatic hydroxyl groups is 1. The van der Waals surface area contributed by atoms with Crippen LogP contribution in [0.2, 0.25) is 0 Å². The summed E-state index contributed by atoms with van der Waals surface area (Å²) in [5.41, 5.74) is 0.822. The van der Waals surface area contributed by atoms with Crippen molar-refractivity contribution in [1.82, 2.24) is 9.97 Å². The molecule has 2 rings (SSSR count). The number of nitrogens with zero attached hydrogens (tertiary/aromatic N) is 2. The van der Waals surface area contributed by atoms with E-state index >= 15 is 0 Å². The van der Waals surface area contributed by atoms with Crippen molar-refractivity contribution in [1.29, 1.82) is 0 Å². The Bertz CT molecular complexity index is 580. The molecular weight excluding hydrogens is 315 g/mol. The van der Waals surface area contributed by atoms with Gasteiger partial charge < -0.3 is 9.84 Å². The number of aliphatic hydroxyl groups excluding tert-OH is 1. The summed E-state index contributed by atoms with van der Waals surface area (Å²) in [6.07, 6.45) is 0.529. The molecular formula is C13H12BrFN2O2. The maximum absolute atomic E-state index is 13.7. The number of rotatable bonds is 4. The second-order valence-corrected chi connectivity index (χ2v) is 4.86. The summed E-state index contributed by atoms with van der Waals surface area (Å²) >= 11 is 3.19. The van der Waals surface area contributed by atoms with E-state index in [0.717, 1.165) is 0 Å². The standard InChI is InChI=1S/C13H12BrFN2O2/c1-19-13-6-11(16-7-17-13)12(18)4-8-2-3-9(14)5-10(8)15/h2-3,5-7,12,18H,4H2,1H3. The highest BCUT2D eigenvalue weighted by Gasteiger charge is 2.14. The third-order valence-corrected chi connectivity index (χ3v) is 3.14. The quantitative estimate of drug-likeness (QED) is 0.938. The van der Waals surface area contributed by atoms with Gasteiger partial charge in [-0.05, 0) is 17.7 Å². The Hall–Kier alpha value is -1.53. The van der Waals surface area contributed by atoms with Gasteiger partial charge in [0.1, 0.15) is 18.2 Å². The molecule has 0 bridgehead atoms. The van der Waals surface area contributed by atoms with Gasteiger partial charge in [-0.2, -0.15) is 0 Å². The first-order valence-corrected chi connectivity index (χ1v) is 6.37. The van der Waals surface area contributed by atoms with Gasteiger partial charge >= 0.3 is 0 Å². The van der Waals surface area contributed by atoms with Crippen LogP contribution in [0.15, 0.2) is 35.1 Å². The SMILES string of the molecule is COc1cc(C(O)Cc2ccc(Br)cc2F)ncn1. The van der Waals surface area contributed by atoms with Gasteiger partial charge in [0.05, 0.1) is 12.8 Å². The van der Waals surface area contributed by atoms with Crippen molar-refractivity contribution < 1.29 is 14.2 Å². The Labute approximate surface area is 118 Å². The molecule has 0 spiro atoms. The molecule has 1 heterocycles. The average Bonchev–Trinajstić information content (AvgIpc) is 2.42. The lowest BCUT2D eigenvalue weighted by molar-refractivity contribution is 0.171. The zero-order chi connectivity index (χ0) is 13.8. The third kappa shape index (κ3) is 3.48. The minimum Gasteiger partial charge on any atom is -0.481 e. The number of halogens is 2. The number of hydrogen-bond donors (Lipinski definition) is 1. The molecule has 6 heteroatoms. The van der Waals surface area contributed by atoms with Gasteiger partial charge in [0.2, 0.25) is 5.88 Å². The molecule has 1 aromatic heterocycles. The van der Waals surface area contributed by atoms with Crippen molar-refractivity contribution in [3.8, 4) is 5.88 Å². The Balaban J connectivity index is 2.17. The van der Waals surface area contributed by atoms with Gasteiger partial charge in [-0.15, -0.1) is 0 Å². The van der Waals surface area contributed by atoms with Crippen LogP contribution in [0.4, 0.5) is 4.39 Å². The summed E-state index contributed by atoms with van der Waals surface area (Å²) in [5, 5.41) is 10.1. The summed E-state index contributed by atoms with van der Waals surface area (Å²) in [4.78, 5) is 7.81. The van der Waals surface area contributed by atoms with Crippen molar-refractivity contribution in [2.75, 3.05) is 7.11 Å². The molecule has 100 valence electrons. The van der Waals surface area contributed by atoms with Crippen LogP contribution in [0.1, 0.15) is 17.4 Å². The zero-order valence-corrected chi connectivity index (χ0v) is 11.8. The van der Waals surface area contributed by atoms with E-state index in [2.05, 4.69) is 25.9 Å². The van der Waals surface area contributed by atoms with Crippen LogP contribution in [-0.2, 0) is 6.42 Å². The minimum absolute atomic E-state index is 0.138. The normalized spacial score (nSPS) is 12.2. The monoisotopic (exact) mass is 326 g/mol. The van der Waals surface area contributed by atoms with E-state index in [1.165, 1.54) is 25.6 Å². The van der Waals surface area contributed by atoms with Crippen molar-refractivity contribution in [3.63, 3.8) is 0 Å². The van der Waals surface area contributed by atoms with E-state index in [1.54, 1.807) is 12.1 Å². The van der Waals surface area contributed by atoms with Crippen molar-refractivity contribution >= 4 is 15.9 Å². The molecule has 0 aliphatic carbocycles. The number of benzene rings is 1. The number of ether oxygens (including phenoxy) is 1. The smallest absolute Gasteiger partial charge is 0.216 e. The minimum atomic E-state index is -0.910. The highest BCUT2D eigenvalue weighted by Crippen LogP contribution is 2.22. The summed E-state index contributed by atoms with van der Waals surface area (Å²) in [5.74, 6) is -0.00484. The average molecular weight is 327 g/mol. The fourth-order valence-electron chi connectivity index (χ4n) is 1.65. The van der Waals surface area contributed by atoms with Crippen molar-refractivity contribution in [3.05, 3.63) is 52.1 Å². The summed E-state index contributed by atoms with van der Waals surface area (Å²) in [6, 6.07) is 6.25. The molecule has 0 aliphatic rings. The molecule has 2 aromatic rings. The lowest BCUT2D eigenvalue weighted by Gasteiger charge is -2.11. The summed E-state index contributed by atoms with van der Waals surface area (Å²) in [6.45, 7) is 0. The van der Waals surface area contributed by atoms with Crippen LogP contribution >= 0.6 is 15.9 Å². The zero-order valence-electron chi connectivity index (χ0n) is 10.2. The molecule has 1 unspecified atom stereocenters. The highest BCUT2D eigenvalue weighted by atomic mass is 79.9. The Morgan fingerprint density at radius 3 is 2.84 bits per heavy atom. The highest BCUT2D eigenvalue weighted by molar-refractivity contribution is 9.10. The molecule has 0 saturated heterocycles. The third-order valence-electron chi connectivity index (χ3n) is 2.64. The first-order valence-electron chi connectivity index (χ1n) is 5.58. The molecule has 0 fully saturated rings. The Morgan fingerprint density at radius 2 is 2.16 bits per heavy atom. The van der Waals surface area contributed by atoms with Gasteiger partial charge in [0.15, 0.2) is 0 Å². The van der Waals surface area contributed by atoms with Gasteiger partial charge in [-0.1, -0.05) is 22.0 Å². The lowest BCUT2D eigenvalue weighted by atomic mass is 10.1. The van der Waals surface area contributed by atoms with Gasteiger partial charge in [-0.3, -0.25) is 0 Å². The summed E-state index contributed by atoms with van der Waals surface area (Å²) in [7, 11) is 1.48. The van der Waals surface area contributed by atoms with E-state index in [4.69, 9.17) is 4.74 Å². The van der Waals surface area contributed by atoms with Crippen molar-refractivity contribution in [2.24, 2.45) is 0 Å². The Kier molecular flexibility index (Phi) is 4.44. The largest absolute Gasteiger partial charge is 0.481 e. The van der Waals surface area contributed by atoms with E-state index in [0.29, 0.717) is 21.6 Å². The maximum atomic E-state index is 13.7. The molecule has 1 aromatic carbocycles. The Morgan fingerprint density at radius 1 is 1.37 bits per heavy atom. The molecule has 19 heavy (non-hydrogen) atoms. The van der Waals surface area contributed by atoms with Gasteiger partial charge in [0, 0.05) is 17.0 Å². The summed E-state index contributed by atoms with van der Waals surface area (Å²) < 4.78 is 19.3. The van der Waals surface area contributed by atoms with Crippen LogP contribution in [-0.4, -0.2) is 22.2 Å². The first kappa shape index (κ1) is 13.9. The molecule has 1 N–H and O–H groups in total. The van der Waals surface area contributed by atoms with E-state index in [9.17, 15) is 9.50 Å². The lowest BCUT2D eigenvalue weighted by Crippen LogP contribution is -2.06. The van der Waals surface area contributed by atoms with E-state index < -0.39 is 6.10 Å². The molecule has 0 saturated carbocycles.